The zero-order valence-electron chi connectivity index (χ0n) is 13.7. The number of nitrogens with zero attached hydrogens (tertiary/aromatic N) is 3. The van der Waals surface area contributed by atoms with Gasteiger partial charge in [0.2, 0.25) is 5.95 Å². The molecule has 1 aromatic carbocycles. The molecule has 0 radical (unpaired) electrons. The number of carbonyl (C=O) groups is 1. The van der Waals surface area contributed by atoms with Gasteiger partial charge in [0.25, 0.3) is 5.91 Å². The summed E-state index contributed by atoms with van der Waals surface area (Å²) in [6.07, 6.45) is 5.21. The van der Waals surface area contributed by atoms with Crippen molar-refractivity contribution in [2.75, 3.05) is 25.5 Å². The molecule has 1 amide bonds. The number of carbonyl (C=O) groups excluding carboxylic acids is 1. The van der Waals surface area contributed by atoms with Gasteiger partial charge in [-0.1, -0.05) is 11.6 Å². The van der Waals surface area contributed by atoms with Gasteiger partial charge in [-0.3, -0.25) is 4.79 Å². The number of anilines is 2. The fraction of sp³-hybridized carbons (Fsp3) is 0.353. The number of hydrogen-bond donors (Lipinski definition) is 1. The minimum Gasteiger partial charge on any atom is -0.495 e. The SMILES string of the molecule is COc1cc(Cl)c(C)cc1Nc1ncc(C(=O)N2CCCC2)cn1. The van der Waals surface area contributed by atoms with E-state index in [0.29, 0.717) is 22.3 Å². The summed E-state index contributed by atoms with van der Waals surface area (Å²) in [5.74, 6) is 0.985. The number of hydrogen-bond acceptors (Lipinski definition) is 5. The minimum atomic E-state index is -0.0148. The van der Waals surface area contributed by atoms with Crippen LogP contribution in [0.4, 0.5) is 11.6 Å². The summed E-state index contributed by atoms with van der Waals surface area (Å²) in [7, 11) is 1.57. The summed E-state index contributed by atoms with van der Waals surface area (Å²) in [4.78, 5) is 22.6. The van der Waals surface area contributed by atoms with E-state index in [-0.39, 0.29) is 5.91 Å². The van der Waals surface area contributed by atoms with E-state index in [0.717, 1.165) is 37.2 Å². The van der Waals surface area contributed by atoms with E-state index >= 15 is 0 Å². The van der Waals surface area contributed by atoms with Crippen molar-refractivity contribution >= 4 is 29.1 Å². The number of methoxy groups -OCH3 is 1. The van der Waals surface area contributed by atoms with Gasteiger partial charge in [0, 0.05) is 36.6 Å². The first kappa shape index (κ1) is 16.5. The van der Waals surface area contributed by atoms with Crippen molar-refractivity contribution < 1.29 is 9.53 Å². The first-order chi connectivity index (χ1) is 11.6. The number of rotatable bonds is 4. The average Bonchev–Trinajstić information content (AvgIpc) is 3.12. The summed E-state index contributed by atoms with van der Waals surface area (Å²) in [5.41, 5.74) is 2.14. The van der Waals surface area contributed by atoms with Crippen LogP contribution in [0.15, 0.2) is 24.5 Å². The van der Waals surface area contributed by atoms with Crippen LogP contribution in [0.2, 0.25) is 5.02 Å². The lowest BCUT2D eigenvalue weighted by atomic mass is 10.2. The number of nitrogens with one attached hydrogen (secondary N) is 1. The number of likely N-dealkylation sites (tertiary alicyclic amines) is 1. The summed E-state index contributed by atoms with van der Waals surface area (Å²) in [5, 5.41) is 3.73. The molecule has 0 atom stereocenters. The monoisotopic (exact) mass is 346 g/mol. The third-order valence-corrected chi connectivity index (χ3v) is 4.43. The maximum Gasteiger partial charge on any atom is 0.256 e. The summed E-state index contributed by atoms with van der Waals surface area (Å²) in [6, 6.07) is 3.61. The molecule has 1 N–H and O–H groups in total. The fourth-order valence-electron chi connectivity index (χ4n) is 2.66. The van der Waals surface area contributed by atoms with Crippen molar-refractivity contribution in [3.8, 4) is 5.75 Å². The first-order valence-corrected chi connectivity index (χ1v) is 8.19. The molecule has 1 fully saturated rings. The Labute approximate surface area is 145 Å². The largest absolute Gasteiger partial charge is 0.495 e. The number of aryl methyl sites for hydroxylation is 1. The molecule has 3 rings (SSSR count). The predicted octanol–water partition coefficient (Wildman–Crippen LogP) is 3.43. The molecule has 0 bridgehead atoms. The molecule has 0 unspecified atom stereocenters. The molecular weight excluding hydrogens is 328 g/mol. The third-order valence-electron chi connectivity index (χ3n) is 4.02. The second-order valence-corrected chi connectivity index (χ2v) is 6.13. The Hall–Kier alpha value is -2.34. The van der Waals surface area contributed by atoms with Crippen LogP contribution >= 0.6 is 11.6 Å². The average molecular weight is 347 g/mol. The minimum absolute atomic E-state index is 0.0148. The molecule has 7 heteroatoms. The molecule has 24 heavy (non-hydrogen) atoms. The second kappa shape index (κ2) is 7.05. The van der Waals surface area contributed by atoms with Crippen molar-refractivity contribution in [1.82, 2.24) is 14.9 Å². The highest BCUT2D eigenvalue weighted by atomic mass is 35.5. The molecule has 126 valence electrons. The predicted molar refractivity (Wildman–Crippen MR) is 93.2 cm³/mol. The Kier molecular flexibility index (Phi) is 4.85. The first-order valence-electron chi connectivity index (χ1n) is 7.81. The van der Waals surface area contributed by atoms with Crippen LogP contribution in [0.5, 0.6) is 5.75 Å². The zero-order chi connectivity index (χ0) is 17.1. The Morgan fingerprint density at radius 1 is 1.25 bits per heavy atom. The van der Waals surface area contributed by atoms with Crippen LogP contribution < -0.4 is 10.1 Å². The van der Waals surface area contributed by atoms with Gasteiger partial charge >= 0.3 is 0 Å². The summed E-state index contributed by atoms with van der Waals surface area (Å²) in [6.45, 7) is 3.52. The van der Waals surface area contributed by atoms with Crippen LogP contribution in [0.1, 0.15) is 28.8 Å². The number of aromatic nitrogens is 2. The zero-order valence-corrected chi connectivity index (χ0v) is 14.4. The van der Waals surface area contributed by atoms with E-state index < -0.39 is 0 Å². The van der Waals surface area contributed by atoms with E-state index in [4.69, 9.17) is 16.3 Å². The lowest BCUT2D eigenvalue weighted by molar-refractivity contribution is 0.0792. The number of amides is 1. The molecular formula is C17H19ClN4O2. The van der Waals surface area contributed by atoms with E-state index in [9.17, 15) is 4.79 Å². The van der Waals surface area contributed by atoms with Gasteiger partial charge in [-0.05, 0) is 31.4 Å². The highest BCUT2D eigenvalue weighted by Gasteiger charge is 2.20. The maximum atomic E-state index is 12.3. The molecule has 1 aliphatic rings. The molecule has 1 aromatic heterocycles. The van der Waals surface area contributed by atoms with Crippen LogP contribution in [-0.2, 0) is 0 Å². The van der Waals surface area contributed by atoms with Crippen molar-refractivity contribution in [2.45, 2.75) is 19.8 Å². The molecule has 0 spiro atoms. The molecule has 2 heterocycles. The Morgan fingerprint density at radius 3 is 2.54 bits per heavy atom. The van der Waals surface area contributed by atoms with E-state index in [1.807, 2.05) is 17.9 Å². The summed E-state index contributed by atoms with van der Waals surface area (Å²) < 4.78 is 5.32. The lowest BCUT2D eigenvalue weighted by Gasteiger charge is -2.15. The third kappa shape index (κ3) is 3.43. The Balaban J connectivity index is 1.77. The van der Waals surface area contributed by atoms with E-state index in [1.165, 1.54) is 0 Å². The van der Waals surface area contributed by atoms with E-state index in [2.05, 4.69) is 15.3 Å². The number of halogens is 1. The second-order valence-electron chi connectivity index (χ2n) is 5.72. The van der Waals surface area contributed by atoms with Gasteiger partial charge in [-0.25, -0.2) is 9.97 Å². The Morgan fingerprint density at radius 2 is 1.92 bits per heavy atom. The van der Waals surface area contributed by atoms with Gasteiger partial charge in [0.05, 0.1) is 18.4 Å². The van der Waals surface area contributed by atoms with E-state index in [1.54, 1.807) is 25.6 Å². The highest BCUT2D eigenvalue weighted by molar-refractivity contribution is 6.31. The van der Waals surface area contributed by atoms with Gasteiger partial charge in [0.15, 0.2) is 0 Å². The topological polar surface area (TPSA) is 67.3 Å². The van der Waals surface area contributed by atoms with Gasteiger partial charge in [0.1, 0.15) is 5.75 Å². The molecule has 1 saturated heterocycles. The number of benzene rings is 1. The van der Waals surface area contributed by atoms with Crippen molar-refractivity contribution in [3.05, 3.63) is 40.7 Å². The molecule has 1 aliphatic heterocycles. The fourth-order valence-corrected chi connectivity index (χ4v) is 2.81. The van der Waals surface area contributed by atoms with Crippen LogP contribution in [0.25, 0.3) is 0 Å². The molecule has 0 aliphatic carbocycles. The van der Waals surface area contributed by atoms with Crippen molar-refractivity contribution in [1.29, 1.82) is 0 Å². The molecule has 6 nitrogen and oxygen atoms in total. The smallest absolute Gasteiger partial charge is 0.256 e. The van der Waals surface area contributed by atoms with Crippen LogP contribution in [0, 0.1) is 6.92 Å². The lowest BCUT2D eigenvalue weighted by Crippen LogP contribution is -2.27. The number of ether oxygens (including phenoxy) is 1. The van der Waals surface area contributed by atoms with Gasteiger partial charge in [-0.15, -0.1) is 0 Å². The van der Waals surface area contributed by atoms with Crippen molar-refractivity contribution in [3.63, 3.8) is 0 Å². The van der Waals surface area contributed by atoms with Gasteiger partial charge < -0.3 is 15.0 Å². The van der Waals surface area contributed by atoms with Crippen molar-refractivity contribution in [2.24, 2.45) is 0 Å². The highest BCUT2D eigenvalue weighted by Crippen LogP contribution is 2.32. The quantitative estimate of drug-likeness (QED) is 0.918. The summed E-state index contributed by atoms with van der Waals surface area (Å²) >= 11 is 6.10. The van der Waals surface area contributed by atoms with Crippen LogP contribution in [-0.4, -0.2) is 41.0 Å². The molecule has 2 aromatic rings. The van der Waals surface area contributed by atoms with Crippen LogP contribution in [0.3, 0.4) is 0 Å². The standard InChI is InChI=1S/C17H19ClN4O2/c1-11-7-14(15(24-2)8-13(11)18)21-17-19-9-12(10-20-17)16(23)22-5-3-4-6-22/h7-10H,3-6H2,1-2H3,(H,19,20,21). The maximum absolute atomic E-state index is 12.3. The van der Waals surface area contributed by atoms with Gasteiger partial charge in [-0.2, -0.15) is 0 Å². The molecule has 0 saturated carbocycles. The normalized spacial score (nSPS) is 13.9. The Bertz CT molecular complexity index is 743.